The third-order valence-corrected chi connectivity index (χ3v) is 18.1. The summed E-state index contributed by atoms with van der Waals surface area (Å²) in [6.45, 7) is 7.00. The Hall–Kier alpha value is -2.55. The van der Waals surface area contributed by atoms with Gasteiger partial charge in [0.2, 0.25) is 5.91 Å². The summed E-state index contributed by atoms with van der Waals surface area (Å²) in [6, 6.07) is -0.851. The zero-order valence-electron chi connectivity index (χ0n) is 59.7. The maximum Gasteiger partial charge on any atom is 0.472 e. The van der Waals surface area contributed by atoms with Crippen LogP contribution in [0.3, 0.4) is 0 Å². The molecule has 0 saturated carbocycles. The molecule has 2 N–H and O–H groups in total. The highest BCUT2D eigenvalue weighted by atomic mass is 31.2. The van der Waals surface area contributed by atoms with Crippen molar-refractivity contribution in [3.63, 3.8) is 0 Å². The molecule has 1 amide bonds. The van der Waals surface area contributed by atoms with Crippen LogP contribution in [-0.4, -0.2) is 74.3 Å². The zero-order chi connectivity index (χ0) is 64.9. The number of allylic oxidation sites excluding steroid dienone is 11. The summed E-state index contributed by atoms with van der Waals surface area (Å²) in [6.07, 6.45) is 90.7. The molecule has 0 radical (unpaired) electrons. The standard InChI is InChI=1S/C79H147N2O7P/c1-7-10-13-16-19-22-25-27-29-31-33-35-37-39-40-42-44-46-48-50-52-54-57-60-63-66-69-72-79(83)88-77(70-67-64-61-58-55-24-21-18-15-12-9-3)76(75-87-89(84,85)86-74-73-81(4,5)6)80-78(82)71-68-65-62-59-56-53-51-49-47-45-43-41-38-36-34-32-30-28-26-23-20-17-14-11-8-2/h19-20,22-23,27-30,34,36,67,70,76-77H,7-18,21,24-26,31-33,35,37-66,68-69,71-75H2,1-6H3,(H-,80,82,84,85)/p+1/b22-19-,23-20-,29-27-,30-28-,36-34-,70-67+. The van der Waals surface area contributed by atoms with E-state index in [0.717, 1.165) is 77.0 Å². The van der Waals surface area contributed by atoms with Crippen molar-refractivity contribution in [2.24, 2.45) is 0 Å². The molecule has 0 aliphatic rings. The lowest BCUT2D eigenvalue weighted by Crippen LogP contribution is -2.47. The van der Waals surface area contributed by atoms with Crippen LogP contribution < -0.4 is 5.32 Å². The minimum atomic E-state index is -4.46. The first-order chi connectivity index (χ1) is 43.4. The van der Waals surface area contributed by atoms with E-state index in [1.807, 2.05) is 33.3 Å². The normalized spacial score (nSPS) is 13.8. The molecule has 0 bridgehead atoms. The molecule has 3 atom stereocenters. The number of phosphoric ester groups is 1. The third-order valence-electron chi connectivity index (χ3n) is 17.1. The lowest BCUT2D eigenvalue weighted by Gasteiger charge is -2.27. The van der Waals surface area contributed by atoms with E-state index in [0.29, 0.717) is 23.9 Å². The molecule has 0 saturated heterocycles. The number of ether oxygens (including phenoxy) is 1. The molecule has 0 heterocycles. The van der Waals surface area contributed by atoms with E-state index in [9.17, 15) is 19.0 Å². The second kappa shape index (κ2) is 68.3. The fraction of sp³-hybridized carbons (Fsp3) is 0.823. The molecular weight excluding hydrogens is 1120 g/mol. The number of phosphoric acid groups is 1. The van der Waals surface area contributed by atoms with Gasteiger partial charge in [-0.25, -0.2) is 4.57 Å². The van der Waals surface area contributed by atoms with Crippen molar-refractivity contribution in [3.05, 3.63) is 72.9 Å². The van der Waals surface area contributed by atoms with Crippen molar-refractivity contribution in [2.45, 2.75) is 380 Å². The van der Waals surface area contributed by atoms with Crippen LogP contribution in [-0.2, 0) is 27.9 Å². The second-order valence-electron chi connectivity index (χ2n) is 27.2. The highest BCUT2D eigenvalue weighted by Gasteiger charge is 2.30. The fourth-order valence-electron chi connectivity index (χ4n) is 11.2. The first-order valence-electron chi connectivity index (χ1n) is 38.3. The Balaban J connectivity index is 4.91. The van der Waals surface area contributed by atoms with E-state index in [-0.39, 0.29) is 25.1 Å². The van der Waals surface area contributed by atoms with Crippen LogP contribution in [0.1, 0.15) is 367 Å². The predicted molar refractivity (Wildman–Crippen MR) is 388 cm³/mol. The predicted octanol–water partition coefficient (Wildman–Crippen LogP) is 24.7. The summed E-state index contributed by atoms with van der Waals surface area (Å²) in [7, 11) is 1.50. The van der Waals surface area contributed by atoms with E-state index >= 15 is 0 Å². The molecule has 3 unspecified atom stereocenters. The average molecular weight is 1270 g/mol. The van der Waals surface area contributed by atoms with Gasteiger partial charge in [0.1, 0.15) is 19.3 Å². The minimum Gasteiger partial charge on any atom is -0.456 e. The summed E-state index contributed by atoms with van der Waals surface area (Å²) in [4.78, 5) is 38.0. The Morgan fingerprint density at radius 1 is 0.393 bits per heavy atom. The van der Waals surface area contributed by atoms with Gasteiger partial charge in [0.15, 0.2) is 0 Å². The van der Waals surface area contributed by atoms with Crippen LogP contribution in [0.5, 0.6) is 0 Å². The number of nitrogens with zero attached hydrogens (tertiary/aromatic N) is 1. The van der Waals surface area contributed by atoms with Gasteiger partial charge < -0.3 is 19.4 Å². The molecule has 0 rings (SSSR count). The van der Waals surface area contributed by atoms with E-state index in [1.165, 1.54) is 257 Å². The van der Waals surface area contributed by atoms with E-state index in [4.69, 9.17) is 13.8 Å². The van der Waals surface area contributed by atoms with Gasteiger partial charge in [-0.3, -0.25) is 18.6 Å². The van der Waals surface area contributed by atoms with Gasteiger partial charge in [-0.05, 0) is 102 Å². The van der Waals surface area contributed by atoms with Gasteiger partial charge in [-0.15, -0.1) is 0 Å². The summed E-state index contributed by atoms with van der Waals surface area (Å²) in [5.41, 5.74) is 0. The summed E-state index contributed by atoms with van der Waals surface area (Å²) in [5.74, 6) is -0.493. The number of amides is 1. The molecule has 0 aromatic heterocycles. The number of hydrogen-bond donors (Lipinski definition) is 2. The minimum absolute atomic E-state index is 0.0397. The molecule has 10 heteroatoms. The molecule has 0 spiro atoms. The van der Waals surface area contributed by atoms with Crippen LogP contribution in [0, 0.1) is 0 Å². The van der Waals surface area contributed by atoms with Gasteiger partial charge in [-0.2, -0.15) is 0 Å². The number of hydrogen-bond acceptors (Lipinski definition) is 6. The first kappa shape index (κ1) is 86.5. The number of quaternary nitrogens is 1. The first-order valence-corrected chi connectivity index (χ1v) is 39.8. The topological polar surface area (TPSA) is 111 Å². The number of carbonyl (C=O) groups is 2. The number of nitrogens with one attached hydrogen (secondary N) is 1. The summed E-state index contributed by atoms with van der Waals surface area (Å²) in [5, 5.41) is 3.08. The molecule has 9 nitrogen and oxygen atoms in total. The Kier molecular flexibility index (Phi) is 66.4. The zero-order valence-corrected chi connectivity index (χ0v) is 60.6. The molecule has 0 fully saturated rings. The SMILES string of the molecule is CCCCC/C=C\C/C=C\C/C=C\CCCCCCCCCCCCCCC(=O)NC(COP(=O)(O)OCC[N+](C)(C)C)C(/C=C/CCCCCCCCCCC)OC(=O)CCCCCCCCCCCCCCCCCCC/C=C\C/C=C\CCCCC. The van der Waals surface area contributed by atoms with E-state index < -0.39 is 20.0 Å². The van der Waals surface area contributed by atoms with Crippen molar-refractivity contribution in [2.75, 3.05) is 40.9 Å². The maximum absolute atomic E-state index is 13.6. The number of unbranched alkanes of at least 4 members (excludes halogenated alkanes) is 44. The van der Waals surface area contributed by atoms with Crippen LogP contribution in [0.4, 0.5) is 0 Å². The quantitative estimate of drug-likeness (QED) is 0.0205. The monoisotopic (exact) mass is 1270 g/mol. The molecule has 0 aromatic carbocycles. The summed E-state index contributed by atoms with van der Waals surface area (Å²) < 4.78 is 30.9. The van der Waals surface area contributed by atoms with Gasteiger partial charge in [0.05, 0.1) is 33.8 Å². The largest absolute Gasteiger partial charge is 0.472 e. The van der Waals surface area contributed by atoms with Gasteiger partial charge in [0, 0.05) is 12.8 Å². The van der Waals surface area contributed by atoms with Crippen LogP contribution in [0.25, 0.3) is 0 Å². The van der Waals surface area contributed by atoms with Gasteiger partial charge >= 0.3 is 13.8 Å². The van der Waals surface area contributed by atoms with Crippen LogP contribution in [0.2, 0.25) is 0 Å². The van der Waals surface area contributed by atoms with Gasteiger partial charge in [-0.1, -0.05) is 325 Å². The molecule has 89 heavy (non-hydrogen) atoms. The van der Waals surface area contributed by atoms with E-state index in [1.54, 1.807) is 0 Å². The Labute approximate surface area is 553 Å². The number of carbonyl (C=O) groups excluding carboxylic acids is 2. The van der Waals surface area contributed by atoms with Crippen molar-refractivity contribution in [1.29, 1.82) is 0 Å². The second-order valence-corrected chi connectivity index (χ2v) is 28.6. The molecule has 0 aromatic rings. The Morgan fingerprint density at radius 2 is 0.685 bits per heavy atom. The third kappa shape index (κ3) is 69.6. The van der Waals surface area contributed by atoms with Crippen LogP contribution in [0.15, 0.2) is 72.9 Å². The number of likely N-dealkylation sites (N-methyl/N-ethyl adjacent to an activating group) is 1. The summed E-state index contributed by atoms with van der Waals surface area (Å²) >= 11 is 0. The number of rotatable bonds is 70. The van der Waals surface area contributed by atoms with Crippen molar-refractivity contribution >= 4 is 19.7 Å². The Bertz CT molecular complexity index is 1750. The lowest BCUT2D eigenvalue weighted by atomic mass is 10.0. The van der Waals surface area contributed by atoms with Crippen molar-refractivity contribution in [3.8, 4) is 0 Å². The lowest BCUT2D eigenvalue weighted by molar-refractivity contribution is -0.870. The molecule has 0 aliphatic heterocycles. The molecule has 0 aliphatic carbocycles. The number of esters is 1. The Morgan fingerprint density at radius 3 is 1.04 bits per heavy atom. The molecule has 520 valence electrons. The van der Waals surface area contributed by atoms with E-state index in [2.05, 4.69) is 86.8 Å². The highest BCUT2D eigenvalue weighted by molar-refractivity contribution is 7.47. The smallest absolute Gasteiger partial charge is 0.456 e. The molecular formula is C79H148N2O7P+. The maximum atomic E-state index is 13.6. The van der Waals surface area contributed by atoms with Crippen LogP contribution >= 0.6 is 7.82 Å². The fourth-order valence-corrected chi connectivity index (χ4v) is 12.0. The highest BCUT2D eigenvalue weighted by Crippen LogP contribution is 2.43. The van der Waals surface area contributed by atoms with Crippen molar-refractivity contribution < 1.29 is 37.3 Å². The van der Waals surface area contributed by atoms with Crippen molar-refractivity contribution in [1.82, 2.24) is 5.32 Å². The van der Waals surface area contributed by atoms with Gasteiger partial charge in [0.25, 0.3) is 0 Å². The average Bonchev–Trinajstić information content (AvgIpc) is 3.62.